The predicted molar refractivity (Wildman–Crippen MR) is 76.7 cm³/mol. The Morgan fingerprint density at radius 2 is 2.00 bits per heavy atom. The minimum atomic E-state index is -1.34. The summed E-state index contributed by atoms with van der Waals surface area (Å²) in [5.74, 6) is -0.990. The summed E-state index contributed by atoms with van der Waals surface area (Å²) in [6.45, 7) is 0. The van der Waals surface area contributed by atoms with Gasteiger partial charge in [-0.2, -0.15) is 4.68 Å². The third-order valence-electron chi connectivity index (χ3n) is 2.76. The number of thiophene rings is 1. The topological polar surface area (TPSA) is 83.7 Å². The molecule has 0 fully saturated rings. The summed E-state index contributed by atoms with van der Waals surface area (Å²) < 4.78 is 1.17. The third kappa shape index (κ3) is 2.72. The van der Waals surface area contributed by atoms with E-state index in [1.807, 2.05) is 29.6 Å². The molecule has 21 heavy (non-hydrogen) atoms. The fraction of sp³-hybridized carbons (Fsp3) is 0. The molecule has 0 spiro atoms. The van der Waals surface area contributed by atoms with Gasteiger partial charge in [-0.05, 0) is 27.9 Å². The molecule has 0 radical (unpaired) electrons. The zero-order valence-electron chi connectivity index (χ0n) is 10.7. The molecule has 0 N–H and O–H groups in total. The number of benzene rings is 1. The number of rotatable bonds is 4. The smallest absolute Gasteiger partial charge is 0.187 e. The average Bonchev–Trinajstić information content (AvgIpc) is 3.17. The highest BCUT2D eigenvalue weighted by Crippen LogP contribution is 2.21. The molecule has 1 aromatic carbocycles. The molecule has 0 aliphatic heterocycles. The second-order valence-electron chi connectivity index (χ2n) is 4.11. The maximum absolute atomic E-state index is 11.4. The summed E-state index contributed by atoms with van der Waals surface area (Å²) in [6, 6.07) is 12.8. The maximum Gasteiger partial charge on any atom is 0.187 e. The monoisotopic (exact) mass is 297 g/mol. The molecule has 7 heteroatoms. The van der Waals surface area contributed by atoms with Crippen LogP contribution >= 0.6 is 11.3 Å². The SMILES string of the molecule is O=C([O-])C(=Cc1cccs1)n1nnnc1-c1ccccc1. The number of carboxylic acids is 1. The molecule has 3 aromatic rings. The van der Waals surface area contributed by atoms with E-state index in [0.717, 1.165) is 10.4 Å². The summed E-state index contributed by atoms with van der Waals surface area (Å²) in [5.41, 5.74) is 0.613. The number of carbonyl (C=O) groups is 1. The van der Waals surface area contributed by atoms with Crippen molar-refractivity contribution in [2.45, 2.75) is 0 Å². The van der Waals surface area contributed by atoms with E-state index in [9.17, 15) is 9.90 Å². The van der Waals surface area contributed by atoms with Crippen LogP contribution in [0.4, 0.5) is 0 Å². The van der Waals surface area contributed by atoms with Crippen molar-refractivity contribution in [3.63, 3.8) is 0 Å². The van der Waals surface area contributed by atoms with E-state index in [1.54, 1.807) is 18.2 Å². The van der Waals surface area contributed by atoms with Gasteiger partial charge in [-0.15, -0.1) is 16.4 Å². The van der Waals surface area contributed by atoms with Crippen LogP contribution in [0.25, 0.3) is 23.2 Å². The van der Waals surface area contributed by atoms with Crippen LogP contribution in [0.15, 0.2) is 47.8 Å². The maximum atomic E-state index is 11.4. The fourth-order valence-electron chi connectivity index (χ4n) is 1.83. The van der Waals surface area contributed by atoms with Crippen LogP contribution < -0.4 is 5.11 Å². The molecule has 2 aromatic heterocycles. The van der Waals surface area contributed by atoms with Gasteiger partial charge in [0, 0.05) is 10.4 Å². The van der Waals surface area contributed by atoms with Crippen LogP contribution in [-0.4, -0.2) is 26.2 Å². The van der Waals surface area contributed by atoms with E-state index in [2.05, 4.69) is 15.5 Å². The van der Waals surface area contributed by atoms with Crippen LogP contribution in [0.3, 0.4) is 0 Å². The van der Waals surface area contributed by atoms with Crippen molar-refractivity contribution in [3.8, 4) is 11.4 Å². The van der Waals surface area contributed by atoms with Gasteiger partial charge in [0.25, 0.3) is 0 Å². The quantitative estimate of drug-likeness (QED) is 0.674. The second-order valence-corrected chi connectivity index (χ2v) is 5.09. The molecule has 0 aliphatic carbocycles. The summed E-state index contributed by atoms with van der Waals surface area (Å²) in [5, 5.41) is 24.5. The number of carbonyl (C=O) groups excluding carboxylic acids is 1. The van der Waals surface area contributed by atoms with Crippen LogP contribution in [0.2, 0.25) is 0 Å². The number of hydrogen-bond donors (Lipinski definition) is 0. The van der Waals surface area contributed by atoms with Crippen molar-refractivity contribution in [1.82, 2.24) is 20.2 Å². The first-order chi connectivity index (χ1) is 10.3. The second kappa shape index (κ2) is 5.68. The van der Waals surface area contributed by atoms with E-state index in [-0.39, 0.29) is 5.70 Å². The number of hydrogen-bond acceptors (Lipinski definition) is 6. The highest BCUT2D eigenvalue weighted by molar-refractivity contribution is 7.10. The molecule has 3 rings (SSSR count). The van der Waals surface area contributed by atoms with Gasteiger partial charge >= 0.3 is 0 Å². The summed E-state index contributed by atoms with van der Waals surface area (Å²) >= 11 is 1.42. The Morgan fingerprint density at radius 3 is 2.67 bits per heavy atom. The van der Waals surface area contributed by atoms with Gasteiger partial charge in [0.15, 0.2) is 5.82 Å². The van der Waals surface area contributed by atoms with Crippen molar-refractivity contribution in [2.24, 2.45) is 0 Å². The lowest BCUT2D eigenvalue weighted by molar-refractivity contribution is -0.296. The number of carboxylic acid groups (broad SMARTS) is 1. The van der Waals surface area contributed by atoms with Gasteiger partial charge in [-0.25, -0.2) is 0 Å². The standard InChI is InChI=1S/C14H10N4O2S/c19-14(20)12(9-11-7-4-8-21-11)18-13(15-16-17-18)10-5-2-1-3-6-10/h1-9H,(H,19,20)/p-1. The zero-order chi connectivity index (χ0) is 14.7. The summed E-state index contributed by atoms with van der Waals surface area (Å²) in [7, 11) is 0. The molecule has 0 bridgehead atoms. The molecule has 0 aliphatic rings. The first-order valence-corrected chi connectivity index (χ1v) is 6.94. The van der Waals surface area contributed by atoms with Gasteiger partial charge in [0.1, 0.15) is 0 Å². The van der Waals surface area contributed by atoms with Crippen molar-refractivity contribution >= 4 is 29.1 Å². The minimum absolute atomic E-state index is 0.110. The fourth-order valence-corrected chi connectivity index (χ4v) is 2.48. The number of nitrogens with zero attached hydrogens (tertiary/aromatic N) is 4. The predicted octanol–water partition coefficient (Wildman–Crippen LogP) is 1.15. The first-order valence-electron chi connectivity index (χ1n) is 6.06. The zero-order valence-corrected chi connectivity index (χ0v) is 11.5. The van der Waals surface area contributed by atoms with E-state index in [0.29, 0.717) is 5.82 Å². The molecule has 6 nitrogen and oxygen atoms in total. The van der Waals surface area contributed by atoms with Crippen LogP contribution in [-0.2, 0) is 4.79 Å². The Kier molecular flexibility index (Phi) is 3.57. The lowest BCUT2D eigenvalue weighted by Gasteiger charge is -2.10. The molecule has 0 amide bonds. The molecule has 0 saturated carbocycles. The molecule has 0 unspecified atom stereocenters. The molecular formula is C14H9N4O2S-. The Morgan fingerprint density at radius 1 is 1.19 bits per heavy atom. The number of aliphatic carboxylic acids is 1. The van der Waals surface area contributed by atoms with Crippen molar-refractivity contribution in [1.29, 1.82) is 0 Å². The molecule has 0 atom stereocenters. The van der Waals surface area contributed by atoms with Crippen LogP contribution in [0.1, 0.15) is 4.88 Å². The Balaban J connectivity index is 2.11. The number of tetrazole rings is 1. The van der Waals surface area contributed by atoms with Crippen LogP contribution in [0.5, 0.6) is 0 Å². The highest BCUT2D eigenvalue weighted by atomic mass is 32.1. The molecule has 2 heterocycles. The normalized spacial score (nSPS) is 11.5. The summed E-state index contributed by atoms with van der Waals surface area (Å²) in [4.78, 5) is 12.2. The summed E-state index contributed by atoms with van der Waals surface area (Å²) in [6.07, 6.45) is 1.49. The largest absolute Gasteiger partial charge is 0.543 e. The lowest BCUT2D eigenvalue weighted by Crippen LogP contribution is -2.27. The average molecular weight is 297 g/mol. The first kappa shape index (κ1) is 13.2. The lowest BCUT2D eigenvalue weighted by atomic mass is 10.2. The Bertz CT molecular complexity index is 778. The third-order valence-corrected chi connectivity index (χ3v) is 3.58. The Labute approximate surface area is 124 Å². The van der Waals surface area contributed by atoms with E-state index < -0.39 is 5.97 Å². The van der Waals surface area contributed by atoms with E-state index >= 15 is 0 Å². The Hall–Kier alpha value is -2.80. The molecular weight excluding hydrogens is 288 g/mol. The van der Waals surface area contributed by atoms with Gasteiger partial charge in [0.2, 0.25) is 0 Å². The van der Waals surface area contributed by atoms with Crippen LogP contribution in [0, 0.1) is 0 Å². The van der Waals surface area contributed by atoms with Crippen molar-refractivity contribution in [2.75, 3.05) is 0 Å². The van der Waals surface area contributed by atoms with Crippen molar-refractivity contribution in [3.05, 3.63) is 52.7 Å². The van der Waals surface area contributed by atoms with Crippen molar-refractivity contribution < 1.29 is 9.90 Å². The highest BCUT2D eigenvalue weighted by Gasteiger charge is 2.13. The van der Waals surface area contributed by atoms with E-state index in [1.165, 1.54) is 22.1 Å². The number of aromatic nitrogens is 4. The van der Waals surface area contributed by atoms with Gasteiger partial charge in [-0.3, -0.25) is 0 Å². The molecule has 104 valence electrons. The molecule has 0 saturated heterocycles. The van der Waals surface area contributed by atoms with E-state index in [4.69, 9.17) is 0 Å². The van der Waals surface area contributed by atoms with Gasteiger partial charge in [0.05, 0.1) is 11.7 Å². The van der Waals surface area contributed by atoms with Gasteiger partial charge < -0.3 is 9.90 Å². The minimum Gasteiger partial charge on any atom is -0.543 e. The van der Waals surface area contributed by atoms with Gasteiger partial charge in [-0.1, -0.05) is 36.4 Å².